The number of allylic oxidation sites excluding steroid dienone is 8. The highest BCUT2D eigenvalue weighted by atomic mass is 13.8. The molecule has 0 aliphatic heterocycles. The molecule has 0 spiro atoms. The second kappa shape index (κ2) is 4.80. The molecule has 10 heavy (non-hydrogen) atoms. The fourth-order valence-corrected chi connectivity index (χ4v) is 0.743. The summed E-state index contributed by atoms with van der Waals surface area (Å²) >= 11 is 0. The molecular formula is C10H11. The van der Waals surface area contributed by atoms with Crippen LogP contribution in [0.1, 0.15) is 12.8 Å². The lowest BCUT2D eigenvalue weighted by Gasteiger charge is -1.83. The third-order valence-corrected chi connectivity index (χ3v) is 1.25. The lowest BCUT2D eigenvalue weighted by Crippen LogP contribution is -1.63. The monoisotopic (exact) mass is 131 g/mol. The molecule has 0 heterocycles. The van der Waals surface area contributed by atoms with Crippen LogP contribution in [0.4, 0.5) is 0 Å². The Morgan fingerprint density at radius 1 is 0.900 bits per heavy atom. The molecule has 0 amide bonds. The van der Waals surface area contributed by atoms with Crippen molar-refractivity contribution in [1.29, 1.82) is 0 Å². The van der Waals surface area contributed by atoms with Crippen LogP contribution in [0, 0.1) is 6.08 Å². The van der Waals surface area contributed by atoms with Crippen LogP contribution < -0.4 is 0 Å². The Bertz CT molecular complexity index is 160. The van der Waals surface area contributed by atoms with Crippen LogP contribution in [-0.2, 0) is 0 Å². The minimum atomic E-state index is 0.998. The van der Waals surface area contributed by atoms with Gasteiger partial charge in [0.25, 0.3) is 0 Å². The standard InChI is InChI=1S/C10H11/c1-2-4-6-8-10-9-7-5-3-1/h1-4,7-9H,5,10H2. The molecule has 0 aromatic heterocycles. The molecule has 0 heteroatoms. The molecule has 0 unspecified atom stereocenters. The Morgan fingerprint density at radius 3 is 2.80 bits per heavy atom. The molecule has 1 aliphatic rings. The van der Waals surface area contributed by atoms with Crippen LogP contribution in [0.15, 0.2) is 42.5 Å². The highest BCUT2D eigenvalue weighted by Gasteiger charge is 1.73. The van der Waals surface area contributed by atoms with Crippen molar-refractivity contribution in [2.24, 2.45) is 0 Å². The molecule has 1 aliphatic carbocycles. The van der Waals surface area contributed by atoms with Crippen molar-refractivity contribution in [3.05, 3.63) is 48.6 Å². The summed E-state index contributed by atoms with van der Waals surface area (Å²) < 4.78 is 0. The van der Waals surface area contributed by atoms with E-state index in [4.69, 9.17) is 0 Å². The van der Waals surface area contributed by atoms with E-state index in [0.717, 1.165) is 12.8 Å². The molecule has 0 saturated heterocycles. The summed E-state index contributed by atoms with van der Waals surface area (Å²) in [5.74, 6) is 0. The first-order chi connectivity index (χ1) is 5.00. The third-order valence-electron chi connectivity index (χ3n) is 1.25. The van der Waals surface area contributed by atoms with Crippen molar-refractivity contribution in [3.63, 3.8) is 0 Å². The number of rotatable bonds is 0. The van der Waals surface area contributed by atoms with E-state index in [-0.39, 0.29) is 0 Å². The Morgan fingerprint density at radius 2 is 1.80 bits per heavy atom. The number of hydrogen-bond acceptors (Lipinski definition) is 0. The lowest BCUT2D eigenvalue weighted by atomic mass is 10.2. The largest absolute Gasteiger partial charge is 0.0844 e. The first-order valence-corrected chi connectivity index (χ1v) is 3.54. The molecule has 0 N–H and O–H groups in total. The minimum Gasteiger partial charge on any atom is -0.0844 e. The van der Waals surface area contributed by atoms with Gasteiger partial charge in [-0.2, -0.15) is 0 Å². The van der Waals surface area contributed by atoms with E-state index in [0.29, 0.717) is 0 Å². The Labute approximate surface area is 62.3 Å². The topological polar surface area (TPSA) is 0 Å². The van der Waals surface area contributed by atoms with E-state index >= 15 is 0 Å². The van der Waals surface area contributed by atoms with Crippen molar-refractivity contribution < 1.29 is 0 Å². The predicted octanol–water partition coefficient (Wildman–Crippen LogP) is 2.81. The summed E-state index contributed by atoms with van der Waals surface area (Å²) in [6.07, 6.45) is 19.5. The Hall–Kier alpha value is -1.04. The smallest absolute Gasteiger partial charge is 0.0160 e. The Balaban J connectivity index is 2.51. The summed E-state index contributed by atoms with van der Waals surface area (Å²) in [6, 6.07) is 0. The molecule has 1 rings (SSSR count). The molecule has 0 atom stereocenters. The van der Waals surface area contributed by atoms with E-state index in [2.05, 4.69) is 24.3 Å². The maximum absolute atomic E-state index is 3.05. The van der Waals surface area contributed by atoms with Crippen LogP contribution >= 0.6 is 0 Å². The molecule has 0 aromatic rings. The van der Waals surface area contributed by atoms with Crippen molar-refractivity contribution in [1.82, 2.24) is 0 Å². The van der Waals surface area contributed by atoms with Crippen LogP contribution in [0.5, 0.6) is 0 Å². The zero-order valence-electron chi connectivity index (χ0n) is 5.96. The van der Waals surface area contributed by atoms with Crippen molar-refractivity contribution >= 4 is 0 Å². The molecule has 0 bridgehead atoms. The summed E-state index contributed by atoms with van der Waals surface area (Å²) in [4.78, 5) is 0. The number of hydrogen-bond donors (Lipinski definition) is 0. The van der Waals surface area contributed by atoms with E-state index in [1.807, 2.05) is 24.3 Å². The molecule has 0 fully saturated rings. The average molecular weight is 131 g/mol. The van der Waals surface area contributed by atoms with Gasteiger partial charge in [-0.25, -0.2) is 0 Å². The van der Waals surface area contributed by atoms with E-state index in [9.17, 15) is 0 Å². The van der Waals surface area contributed by atoms with Gasteiger partial charge in [0.2, 0.25) is 0 Å². The summed E-state index contributed by atoms with van der Waals surface area (Å²) in [7, 11) is 0. The van der Waals surface area contributed by atoms with Crippen molar-refractivity contribution in [2.45, 2.75) is 12.8 Å². The van der Waals surface area contributed by atoms with Gasteiger partial charge in [-0.3, -0.25) is 0 Å². The van der Waals surface area contributed by atoms with Gasteiger partial charge in [0.05, 0.1) is 0 Å². The summed E-state index contributed by atoms with van der Waals surface area (Å²) in [5, 5.41) is 0. The first-order valence-electron chi connectivity index (χ1n) is 3.54. The van der Waals surface area contributed by atoms with Crippen LogP contribution in [0.2, 0.25) is 0 Å². The third kappa shape index (κ3) is 3.08. The van der Waals surface area contributed by atoms with Gasteiger partial charge in [-0.15, -0.1) is 0 Å². The highest BCUT2D eigenvalue weighted by molar-refractivity contribution is 5.10. The maximum atomic E-state index is 3.05. The Kier molecular flexibility index (Phi) is 3.40. The van der Waals surface area contributed by atoms with Gasteiger partial charge >= 0.3 is 0 Å². The van der Waals surface area contributed by atoms with Crippen molar-refractivity contribution in [2.75, 3.05) is 0 Å². The fraction of sp³-hybridized carbons (Fsp3) is 0.200. The first kappa shape index (κ1) is 7.07. The molecule has 0 nitrogen and oxygen atoms in total. The highest BCUT2D eigenvalue weighted by Crippen LogP contribution is 1.93. The van der Waals surface area contributed by atoms with Crippen molar-refractivity contribution in [3.8, 4) is 0 Å². The molecule has 51 valence electrons. The molecular weight excluding hydrogens is 120 g/mol. The second-order valence-corrected chi connectivity index (χ2v) is 2.10. The quantitative estimate of drug-likeness (QED) is 0.443. The normalized spacial score (nSPS) is 17.6. The van der Waals surface area contributed by atoms with Gasteiger partial charge in [0.15, 0.2) is 0 Å². The van der Waals surface area contributed by atoms with Crippen LogP contribution in [0.3, 0.4) is 0 Å². The molecule has 0 saturated carbocycles. The van der Waals surface area contributed by atoms with Gasteiger partial charge in [-0.1, -0.05) is 42.5 Å². The zero-order valence-corrected chi connectivity index (χ0v) is 5.96. The summed E-state index contributed by atoms with van der Waals surface area (Å²) in [6.45, 7) is 0. The maximum Gasteiger partial charge on any atom is -0.0160 e. The van der Waals surface area contributed by atoms with Gasteiger partial charge in [0, 0.05) is 0 Å². The SMILES string of the molecule is [C]1=CCC=CCC=CC=C1. The second-order valence-electron chi connectivity index (χ2n) is 2.10. The predicted molar refractivity (Wildman–Crippen MR) is 44.5 cm³/mol. The van der Waals surface area contributed by atoms with E-state index < -0.39 is 0 Å². The molecule has 0 aromatic carbocycles. The van der Waals surface area contributed by atoms with E-state index in [1.54, 1.807) is 0 Å². The van der Waals surface area contributed by atoms with Gasteiger partial charge in [-0.05, 0) is 18.9 Å². The molecule has 1 radical (unpaired) electrons. The zero-order chi connectivity index (χ0) is 7.07. The van der Waals surface area contributed by atoms with Crippen LogP contribution in [-0.4, -0.2) is 0 Å². The lowest BCUT2D eigenvalue weighted by molar-refractivity contribution is 1.30. The fourth-order valence-electron chi connectivity index (χ4n) is 0.743. The van der Waals surface area contributed by atoms with Gasteiger partial charge < -0.3 is 0 Å². The van der Waals surface area contributed by atoms with E-state index in [1.165, 1.54) is 0 Å². The minimum absolute atomic E-state index is 0.998. The summed E-state index contributed by atoms with van der Waals surface area (Å²) in [5.41, 5.74) is 0. The van der Waals surface area contributed by atoms with Crippen LogP contribution in [0.25, 0.3) is 0 Å². The van der Waals surface area contributed by atoms with Gasteiger partial charge in [0.1, 0.15) is 0 Å². The average Bonchev–Trinajstić information content (AvgIpc) is 2.01.